The number of ether oxygens (including phenoxy) is 1. The fourth-order valence-electron chi connectivity index (χ4n) is 1.48. The quantitative estimate of drug-likeness (QED) is 0.322. The van der Waals surface area contributed by atoms with Crippen LogP contribution in [0.3, 0.4) is 0 Å². The molecule has 0 unspecified atom stereocenters. The van der Waals surface area contributed by atoms with Crippen molar-refractivity contribution in [3.63, 3.8) is 0 Å². The summed E-state index contributed by atoms with van der Waals surface area (Å²) in [5.74, 6) is 0.821. The molecule has 1 heterocycles. The van der Waals surface area contributed by atoms with E-state index in [0.29, 0.717) is 6.61 Å². The molecule has 0 amide bonds. The summed E-state index contributed by atoms with van der Waals surface area (Å²) in [6, 6.07) is 4.36. The summed E-state index contributed by atoms with van der Waals surface area (Å²) in [5, 5.41) is 6.51. The van der Waals surface area contributed by atoms with Crippen molar-refractivity contribution in [3.8, 4) is 0 Å². The van der Waals surface area contributed by atoms with Crippen LogP contribution >= 0.6 is 35.3 Å². The van der Waals surface area contributed by atoms with Crippen LogP contribution in [-0.2, 0) is 17.7 Å². The van der Waals surface area contributed by atoms with E-state index in [1.165, 1.54) is 9.75 Å². The average molecular weight is 397 g/mol. The molecule has 0 aromatic carbocycles. The Hall–Kier alpha value is -0.340. The van der Waals surface area contributed by atoms with Crippen LogP contribution in [0.5, 0.6) is 0 Å². The molecule has 19 heavy (non-hydrogen) atoms. The van der Waals surface area contributed by atoms with E-state index in [2.05, 4.69) is 34.7 Å². The highest BCUT2D eigenvalue weighted by atomic mass is 127. The molecule has 6 heteroatoms. The number of thiophene rings is 1. The van der Waals surface area contributed by atoms with Gasteiger partial charge in [0.15, 0.2) is 5.96 Å². The fraction of sp³-hybridized carbons (Fsp3) is 0.615. The lowest BCUT2D eigenvalue weighted by atomic mass is 10.4. The predicted octanol–water partition coefficient (Wildman–Crippen LogP) is 2.63. The third-order valence-corrected chi connectivity index (χ3v) is 3.69. The van der Waals surface area contributed by atoms with Gasteiger partial charge in [0.2, 0.25) is 0 Å². The lowest BCUT2D eigenvalue weighted by molar-refractivity contribution is 0.152. The van der Waals surface area contributed by atoms with E-state index in [-0.39, 0.29) is 24.0 Å². The molecule has 0 radical (unpaired) electrons. The average Bonchev–Trinajstić information content (AvgIpc) is 2.86. The van der Waals surface area contributed by atoms with Gasteiger partial charge in [-0.1, -0.05) is 6.92 Å². The smallest absolute Gasteiger partial charge is 0.191 e. The van der Waals surface area contributed by atoms with Gasteiger partial charge in [-0.3, -0.25) is 4.99 Å². The first-order valence-electron chi connectivity index (χ1n) is 6.40. The summed E-state index contributed by atoms with van der Waals surface area (Å²) >= 11 is 1.85. The molecular formula is C13H24IN3OS. The second-order valence-electron chi connectivity index (χ2n) is 3.77. The monoisotopic (exact) mass is 397 g/mol. The number of rotatable bonds is 7. The molecule has 0 spiro atoms. The minimum atomic E-state index is 0. The molecule has 0 bridgehead atoms. The van der Waals surface area contributed by atoms with E-state index in [0.717, 1.165) is 32.1 Å². The Kier molecular flexibility index (Phi) is 11.3. The second kappa shape index (κ2) is 11.5. The highest BCUT2D eigenvalue weighted by Gasteiger charge is 2.00. The molecule has 2 N–H and O–H groups in total. The minimum absolute atomic E-state index is 0. The highest BCUT2D eigenvalue weighted by Crippen LogP contribution is 2.16. The van der Waals surface area contributed by atoms with Crippen molar-refractivity contribution < 1.29 is 4.74 Å². The summed E-state index contributed by atoms with van der Waals surface area (Å²) in [6.45, 7) is 7.22. The third kappa shape index (κ3) is 7.74. The Morgan fingerprint density at radius 2 is 2.00 bits per heavy atom. The van der Waals surface area contributed by atoms with Gasteiger partial charge >= 0.3 is 0 Å². The number of nitrogens with one attached hydrogen (secondary N) is 2. The minimum Gasteiger partial charge on any atom is -0.380 e. The molecule has 0 aliphatic carbocycles. The van der Waals surface area contributed by atoms with Gasteiger partial charge in [-0.25, -0.2) is 0 Å². The van der Waals surface area contributed by atoms with Crippen LogP contribution in [0.1, 0.15) is 23.6 Å². The van der Waals surface area contributed by atoms with Crippen molar-refractivity contribution in [1.82, 2.24) is 10.6 Å². The zero-order valence-electron chi connectivity index (χ0n) is 11.9. The number of aliphatic imine (C=N–C) groups is 1. The van der Waals surface area contributed by atoms with Gasteiger partial charge in [0.05, 0.1) is 13.2 Å². The normalized spacial score (nSPS) is 11.0. The van der Waals surface area contributed by atoms with Crippen LogP contribution < -0.4 is 10.6 Å². The number of hydrogen-bond acceptors (Lipinski definition) is 3. The zero-order chi connectivity index (χ0) is 13.2. The Bertz CT molecular complexity index is 369. The van der Waals surface area contributed by atoms with Gasteiger partial charge in [-0.05, 0) is 25.5 Å². The first-order valence-corrected chi connectivity index (χ1v) is 7.21. The Morgan fingerprint density at radius 1 is 1.26 bits per heavy atom. The Morgan fingerprint density at radius 3 is 2.58 bits per heavy atom. The number of halogens is 1. The van der Waals surface area contributed by atoms with Crippen molar-refractivity contribution >= 4 is 41.3 Å². The van der Waals surface area contributed by atoms with Crippen molar-refractivity contribution in [3.05, 3.63) is 21.9 Å². The first-order chi connectivity index (χ1) is 8.80. The Labute approximate surface area is 137 Å². The van der Waals surface area contributed by atoms with E-state index in [1.807, 2.05) is 18.3 Å². The molecular weight excluding hydrogens is 373 g/mol. The van der Waals surface area contributed by atoms with Crippen molar-refractivity contribution in [2.75, 3.05) is 26.8 Å². The van der Waals surface area contributed by atoms with E-state index in [1.54, 1.807) is 7.05 Å². The molecule has 0 fully saturated rings. The van der Waals surface area contributed by atoms with Crippen LogP contribution in [0.25, 0.3) is 0 Å². The third-order valence-electron chi connectivity index (χ3n) is 2.46. The highest BCUT2D eigenvalue weighted by molar-refractivity contribution is 14.0. The van der Waals surface area contributed by atoms with Gasteiger partial charge in [0, 0.05) is 30.0 Å². The lowest BCUT2D eigenvalue weighted by Crippen LogP contribution is -2.38. The van der Waals surface area contributed by atoms with Crippen LogP contribution in [0, 0.1) is 0 Å². The number of nitrogens with zero attached hydrogens (tertiary/aromatic N) is 1. The largest absolute Gasteiger partial charge is 0.380 e. The lowest BCUT2D eigenvalue weighted by Gasteiger charge is -2.10. The molecule has 1 rings (SSSR count). The first kappa shape index (κ1) is 18.7. The van der Waals surface area contributed by atoms with Crippen molar-refractivity contribution in [1.29, 1.82) is 0 Å². The summed E-state index contributed by atoms with van der Waals surface area (Å²) in [4.78, 5) is 6.93. The van der Waals surface area contributed by atoms with Crippen molar-refractivity contribution in [2.24, 2.45) is 4.99 Å². The maximum absolute atomic E-state index is 5.27. The summed E-state index contributed by atoms with van der Waals surface area (Å²) < 4.78 is 5.27. The topological polar surface area (TPSA) is 45.6 Å². The molecule has 0 aliphatic rings. The maximum Gasteiger partial charge on any atom is 0.191 e. The molecule has 4 nitrogen and oxygen atoms in total. The van der Waals surface area contributed by atoms with Crippen molar-refractivity contribution in [2.45, 2.75) is 26.8 Å². The predicted molar refractivity (Wildman–Crippen MR) is 93.8 cm³/mol. The summed E-state index contributed by atoms with van der Waals surface area (Å²) in [7, 11) is 1.78. The van der Waals surface area contributed by atoms with E-state index < -0.39 is 0 Å². The summed E-state index contributed by atoms with van der Waals surface area (Å²) in [6.07, 6.45) is 1.10. The molecule has 0 aliphatic heterocycles. The SMILES string of the molecule is CCOCCNC(=NC)NCc1ccc(CC)s1.I. The Balaban J connectivity index is 0.00000324. The zero-order valence-corrected chi connectivity index (χ0v) is 15.0. The van der Waals surface area contributed by atoms with E-state index in [4.69, 9.17) is 4.74 Å². The van der Waals surface area contributed by atoms with Crippen LogP contribution in [-0.4, -0.2) is 32.8 Å². The molecule has 0 saturated carbocycles. The van der Waals surface area contributed by atoms with E-state index in [9.17, 15) is 0 Å². The van der Waals surface area contributed by atoms with Gasteiger partial charge < -0.3 is 15.4 Å². The number of hydrogen-bond donors (Lipinski definition) is 2. The molecule has 0 saturated heterocycles. The van der Waals surface area contributed by atoms with Gasteiger partial charge in [-0.2, -0.15) is 0 Å². The summed E-state index contributed by atoms with van der Waals surface area (Å²) in [5.41, 5.74) is 0. The second-order valence-corrected chi connectivity index (χ2v) is 5.02. The maximum atomic E-state index is 5.27. The standard InChI is InChI=1S/C13H23N3OS.HI/c1-4-11-6-7-12(18-11)10-16-13(14-3)15-8-9-17-5-2;/h6-7H,4-5,8-10H2,1-3H3,(H2,14,15,16);1H. The van der Waals surface area contributed by atoms with Gasteiger partial charge in [0.1, 0.15) is 0 Å². The van der Waals surface area contributed by atoms with Crippen LogP contribution in [0.2, 0.25) is 0 Å². The molecule has 1 aromatic rings. The van der Waals surface area contributed by atoms with E-state index >= 15 is 0 Å². The number of aryl methyl sites for hydroxylation is 1. The number of guanidine groups is 1. The fourth-order valence-corrected chi connectivity index (χ4v) is 2.38. The molecule has 0 atom stereocenters. The molecule has 1 aromatic heterocycles. The molecule has 110 valence electrons. The van der Waals surface area contributed by atoms with Gasteiger partial charge in [0.25, 0.3) is 0 Å². The van der Waals surface area contributed by atoms with Gasteiger partial charge in [-0.15, -0.1) is 35.3 Å². The van der Waals surface area contributed by atoms with Crippen LogP contribution in [0.4, 0.5) is 0 Å². The van der Waals surface area contributed by atoms with Crippen LogP contribution in [0.15, 0.2) is 17.1 Å².